The molecule has 1 atom stereocenters. The van der Waals surface area contributed by atoms with Crippen LogP contribution in [0.3, 0.4) is 0 Å². The highest BCUT2D eigenvalue weighted by Crippen LogP contribution is 2.45. The number of fused-ring (bicyclic) bond motifs is 1. The average molecular weight is 444 g/mol. The van der Waals surface area contributed by atoms with Gasteiger partial charge in [0.15, 0.2) is 0 Å². The van der Waals surface area contributed by atoms with Crippen LogP contribution in [0.5, 0.6) is 0 Å². The van der Waals surface area contributed by atoms with E-state index in [-0.39, 0.29) is 11.9 Å². The van der Waals surface area contributed by atoms with Crippen LogP contribution in [0, 0.1) is 6.92 Å². The van der Waals surface area contributed by atoms with Gasteiger partial charge in [0.1, 0.15) is 5.69 Å². The quantitative estimate of drug-likeness (QED) is 0.428. The number of H-pyrrole nitrogens is 1. The minimum Gasteiger partial charge on any atom is -0.295 e. The number of carbonyl (C=O) groups excluding carboxylic acids is 1. The van der Waals surface area contributed by atoms with Gasteiger partial charge in [0, 0.05) is 21.3 Å². The van der Waals surface area contributed by atoms with Crippen molar-refractivity contribution in [2.75, 3.05) is 4.90 Å². The Labute approximate surface area is 177 Å². The Morgan fingerprint density at radius 2 is 1.62 bits per heavy atom. The van der Waals surface area contributed by atoms with Crippen molar-refractivity contribution in [2.24, 2.45) is 0 Å². The third-order valence-corrected chi connectivity index (χ3v) is 5.84. The molecule has 0 fully saturated rings. The van der Waals surface area contributed by atoms with E-state index >= 15 is 0 Å². The van der Waals surface area contributed by atoms with Gasteiger partial charge in [-0.3, -0.25) is 14.8 Å². The van der Waals surface area contributed by atoms with Crippen LogP contribution in [0.4, 0.5) is 5.69 Å². The summed E-state index contributed by atoms with van der Waals surface area (Å²) in [6, 6.07) is 25.9. The van der Waals surface area contributed by atoms with Crippen molar-refractivity contribution in [1.29, 1.82) is 0 Å². The monoisotopic (exact) mass is 443 g/mol. The first-order chi connectivity index (χ1) is 14.1. The number of rotatable bonds is 3. The topological polar surface area (TPSA) is 49.0 Å². The summed E-state index contributed by atoms with van der Waals surface area (Å²) in [5, 5.41) is 7.54. The van der Waals surface area contributed by atoms with Crippen molar-refractivity contribution < 1.29 is 4.79 Å². The molecule has 1 N–H and O–H groups in total. The lowest BCUT2D eigenvalue weighted by Gasteiger charge is -2.26. The average Bonchev–Trinajstić information content (AvgIpc) is 3.29. The van der Waals surface area contributed by atoms with E-state index < -0.39 is 0 Å². The molecule has 142 valence electrons. The highest BCUT2D eigenvalue weighted by Gasteiger charge is 2.42. The zero-order valence-electron chi connectivity index (χ0n) is 15.8. The summed E-state index contributed by atoms with van der Waals surface area (Å²) < 4.78 is 1.00. The van der Waals surface area contributed by atoms with Crippen molar-refractivity contribution in [3.63, 3.8) is 0 Å². The number of aryl methyl sites for hydroxylation is 1. The Morgan fingerprint density at radius 1 is 0.931 bits per heavy atom. The zero-order valence-corrected chi connectivity index (χ0v) is 17.3. The van der Waals surface area contributed by atoms with Gasteiger partial charge in [0.05, 0.1) is 11.7 Å². The fourth-order valence-corrected chi connectivity index (χ4v) is 4.16. The summed E-state index contributed by atoms with van der Waals surface area (Å²) >= 11 is 3.51. The van der Waals surface area contributed by atoms with Gasteiger partial charge in [-0.05, 0) is 36.8 Å². The summed E-state index contributed by atoms with van der Waals surface area (Å²) in [6.45, 7) is 2.06. The fourth-order valence-electron chi connectivity index (χ4n) is 3.89. The number of aromatic amines is 1. The molecule has 0 radical (unpaired) electrons. The van der Waals surface area contributed by atoms with Gasteiger partial charge in [-0.1, -0.05) is 76.1 Å². The number of para-hydroxylation sites is 1. The predicted molar refractivity (Wildman–Crippen MR) is 118 cm³/mol. The van der Waals surface area contributed by atoms with Crippen molar-refractivity contribution in [3.05, 3.63) is 106 Å². The van der Waals surface area contributed by atoms with Crippen molar-refractivity contribution >= 4 is 27.5 Å². The Kier molecular flexibility index (Phi) is 4.32. The van der Waals surface area contributed by atoms with Gasteiger partial charge in [-0.15, -0.1) is 0 Å². The molecule has 0 saturated heterocycles. The minimum absolute atomic E-state index is 0.0648. The maximum Gasteiger partial charge on any atom is 0.277 e. The Bertz CT molecular complexity index is 1180. The second-order valence-corrected chi connectivity index (χ2v) is 8.11. The first kappa shape index (κ1) is 17.9. The Morgan fingerprint density at radius 3 is 2.31 bits per heavy atom. The van der Waals surface area contributed by atoms with E-state index in [4.69, 9.17) is 0 Å². The number of aromatic nitrogens is 2. The van der Waals surface area contributed by atoms with Gasteiger partial charge in [-0.2, -0.15) is 5.10 Å². The van der Waals surface area contributed by atoms with Crippen molar-refractivity contribution in [1.82, 2.24) is 10.2 Å². The number of hydrogen-bond acceptors (Lipinski definition) is 2. The molecule has 0 spiro atoms. The summed E-state index contributed by atoms with van der Waals surface area (Å²) in [7, 11) is 0. The summed E-state index contributed by atoms with van der Waals surface area (Å²) in [6.07, 6.45) is 0. The lowest BCUT2D eigenvalue weighted by Crippen LogP contribution is -2.29. The van der Waals surface area contributed by atoms with Crippen molar-refractivity contribution in [2.45, 2.75) is 13.0 Å². The summed E-state index contributed by atoms with van der Waals surface area (Å²) in [4.78, 5) is 15.2. The van der Waals surface area contributed by atoms with Crippen molar-refractivity contribution in [3.8, 4) is 11.3 Å². The second kappa shape index (κ2) is 7.01. The molecule has 2 heterocycles. The Balaban J connectivity index is 1.72. The SMILES string of the molecule is Cc1ccc(-c2n[nH]c3c2[C@@H](c2ccc(Br)cc2)N(c2ccccc2)C3=O)cc1. The highest BCUT2D eigenvalue weighted by atomic mass is 79.9. The van der Waals surface area contributed by atoms with E-state index in [9.17, 15) is 4.79 Å². The maximum absolute atomic E-state index is 13.4. The molecule has 5 rings (SSSR count). The molecule has 1 amide bonds. The number of nitrogens with zero attached hydrogens (tertiary/aromatic N) is 2. The van der Waals surface area contributed by atoms with Gasteiger partial charge in [0.2, 0.25) is 0 Å². The zero-order chi connectivity index (χ0) is 20.0. The van der Waals surface area contributed by atoms with E-state index in [2.05, 4.69) is 69.4 Å². The third kappa shape index (κ3) is 2.98. The third-order valence-electron chi connectivity index (χ3n) is 5.31. The minimum atomic E-state index is -0.247. The molecule has 0 saturated carbocycles. The number of benzene rings is 3. The first-order valence-corrected chi connectivity index (χ1v) is 10.2. The molecular formula is C24H18BrN3O. The number of hydrogen-bond donors (Lipinski definition) is 1. The van der Waals surface area contributed by atoms with Gasteiger partial charge in [-0.25, -0.2) is 0 Å². The molecule has 5 heteroatoms. The number of carbonyl (C=O) groups is 1. The lowest BCUT2D eigenvalue weighted by molar-refractivity contribution is 0.0989. The fraction of sp³-hybridized carbons (Fsp3) is 0.0833. The molecule has 1 aliphatic rings. The molecule has 4 nitrogen and oxygen atoms in total. The van der Waals surface area contributed by atoms with Crippen LogP contribution in [0.15, 0.2) is 83.3 Å². The van der Waals surface area contributed by atoms with Crippen LogP contribution < -0.4 is 4.90 Å². The van der Waals surface area contributed by atoms with Crippen LogP contribution in [-0.4, -0.2) is 16.1 Å². The maximum atomic E-state index is 13.4. The van der Waals surface area contributed by atoms with Crippen LogP contribution in [-0.2, 0) is 0 Å². The normalized spacial score (nSPS) is 15.6. The number of halogens is 1. The molecule has 0 unspecified atom stereocenters. The van der Waals surface area contributed by atoms with Gasteiger partial charge < -0.3 is 0 Å². The molecule has 0 aliphatic carbocycles. The van der Waals surface area contributed by atoms with E-state index in [1.807, 2.05) is 47.4 Å². The molecule has 29 heavy (non-hydrogen) atoms. The summed E-state index contributed by atoms with van der Waals surface area (Å²) in [5.41, 5.74) is 6.39. The predicted octanol–water partition coefficient (Wildman–Crippen LogP) is 5.90. The van der Waals surface area contributed by atoms with Gasteiger partial charge >= 0.3 is 0 Å². The molecule has 4 aromatic rings. The Hall–Kier alpha value is -3.18. The second-order valence-electron chi connectivity index (χ2n) is 7.19. The van der Waals surface area contributed by atoms with Crippen LogP contribution >= 0.6 is 15.9 Å². The lowest BCUT2D eigenvalue weighted by atomic mass is 9.95. The van der Waals surface area contributed by atoms with Crippen LogP contribution in [0.1, 0.15) is 33.2 Å². The van der Waals surface area contributed by atoms with E-state index in [0.29, 0.717) is 5.69 Å². The standard InChI is InChI=1S/C24H18BrN3O/c1-15-7-9-16(10-8-15)21-20-22(27-26-21)24(29)28(19-5-3-2-4-6-19)23(20)17-11-13-18(25)14-12-17/h2-14,23H,1H3,(H,26,27)/t23-/m1/s1. The molecule has 1 aromatic heterocycles. The van der Waals surface area contributed by atoms with E-state index in [1.54, 1.807) is 0 Å². The largest absolute Gasteiger partial charge is 0.295 e. The number of anilines is 1. The molecule has 1 aliphatic heterocycles. The summed E-state index contributed by atoms with van der Waals surface area (Å²) in [5.74, 6) is -0.0648. The number of nitrogens with one attached hydrogen (secondary N) is 1. The molecule has 3 aromatic carbocycles. The molecular weight excluding hydrogens is 426 g/mol. The first-order valence-electron chi connectivity index (χ1n) is 9.43. The smallest absolute Gasteiger partial charge is 0.277 e. The highest BCUT2D eigenvalue weighted by molar-refractivity contribution is 9.10. The molecule has 0 bridgehead atoms. The van der Waals surface area contributed by atoms with Crippen LogP contribution in [0.2, 0.25) is 0 Å². The number of amides is 1. The van der Waals surface area contributed by atoms with Crippen LogP contribution in [0.25, 0.3) is 11.3 Å². The van der Waals surface area contributed by atoms with E-state index in [1.165, 1.54) is 5.56 Å². The van der Waals surface area contributed by atoms with Gasteiger partial charge in [0.25, 0.3) is 5.91 Å². The van der Waals surface area contributed by atoms with E-state index in [0.717, 1.165) is 32.5 Å².